The molecular formula is C7H10. The molecule has 0 heterocycles. The molecule has 0 aliphatic heterocycles. The fraction of sp³-hybridized carbons (Fsp3) is 0.286. The number of rotatable bonds is 1. The van der Waals surface area contributed by atoms with Crippen molar-refractivity contribution in [1.29, 1.82) is 0 Å². The second-order valence-corrected chi connectivity index (χ2v) is 1.15. The summed E-state index contributed by atoms with van der Waals surface area (Å²) in [5.41, 5.74) is 2.91. The zero-order valence-electron chi connectivity index (χ0n) is 4.81. The third-order valence-electron chi connectivity index (χ3n) is 0.552. The second kappa shape index (κ2) is 5.26. The van der Waals surface area contributed by atoms with Crippen molar-refractivity contribution in [3.63, 3.8) is 0 Å². The molecule has 0 nitrogen and oxygen atoms in total. The third-order valence-corrected chi connectivity index (χ3v) is 0.552. The summed E-state index contributed by atoms with van der Waals surface area (Å²) < 4.78 is 0. The molecule has 0 aromatic rings. The van der Waals surface area contributed by atoms with Gasteiger partial charge in [-0.1, -0.05) is 12.2 Å². The Hall–Kier alpha value is -0.740. The zero-order valence-corrected chi connectivity index (χ0v) is 4.81. The summed E-state index contributed by atoms with van der Waals surface area (Å²) in [5, 5.41) is 0. The molecule has 0 aliphatic rings. The molecular weight excluding hydrogens is 84.1 g/mol. The van der Waals surface area contributed by atoms with Gasteiger partial charge in [-0.25, -0.2) is 0 Å². The summed E-state index contributed by atoms with van der Waals surface area (Å²) >= 11 is 0. The monoisotopic (exact) mass is 94.1 g/mol. The molecule has 0 amide bonds. The van der Waals surface area contributed by atoms with E-state index in [0.29, 0.717) is 0 Å². The van der Waals surface area contributed by atoms with E-state index in [4.69, 9.17) is 0 Å². The van der Waals surface area contributed by atoms with E-state index in [0.717, 1.165) is 0 Å². The lowest BCUT2D eigenvalue weighted by atomic mass is 10.5. The van der Waals surface area contributed by atoms with Crippen molar-refractivity contribution in [1.82, 2.24) is 0 Å². The molecule has 0 spiro atoms. The van der Waals surface area contributed by atoms with Crippen molar-refractivity contribution in [2.45, 2.75) is 13.8 Å². The Morgan fingerprint density at radius 2 is 2.00 bits per heavy atom. The Balaban J connectivity index is 3.48. The minimum absolute atomic E-state index is 1.88. The lowest BCUT2D eigenvalue weighted by molar-refractivity contribution is 1.72. The highest BCUT2D eigenvalue weighted by Crippen LogP contribution is 1.70. The highest BCUT2D eigenvalue weighted by molar-refractivity contribution is 4.99. The predicted molar refractivity (Wildman–Crippen MR) is 33.1 cm³/mol. The fourth-order valence-corrected chi connectivity index (χ4v) is 0.248. The standard InChI is InChI=1S/C7H10/c1-3-5-7-6-4-2/h3-5,7H,1-2H3/b5-3-. The van der Waals surface area contributed by atoms with E-state index in [1.807, 2.05) is 38.2 Å². The van der Waals surface area contributed by atoms with Crippen LogP contribution in [-0.4, -0.2) is 0 Å². The SMILES string of the molecule is CC=C=C/C=C\C. The molecule has 0 rings (SSSR count). The topological polar surface area (TPSA) is 0 Å². The van der Waals surface area contributed by atoms with E-state index in [9.17, 15) is 0 Å². The quantitative estimate of drug-likeness (QED) is 0.345. The van der Waals surface area contributed by atoms with Gasteiger partial charge in [-0.05, 0) is 26.0 Å². The van der Waals surface area contributed by atoms with Crippen LogP contribution in [0, 0.1) is 0 Å². The van der Waals surface area contributed by atoms with Crippen LogP contribution in [0.25, 0.3) is 0 Å². The van der Waals surface area contributed by atoms with E-state index < -0.39 is 0 Å². The van der Waals surface area contributed by atoms with Crippen LogP contribution < -0.4 is 0 Å². The van der Waals surface area contributed by atoms with Gasteiger partial charge in [0.15, 0.2) is 0 Å². The molecule has 0 aromatic heterocycles. The van der Waals surface area contributed by atoms with Gasteiger partial charge in [0.2, 0.25) is 0 Å². The molecule has 0 N–H and O–H groups in total. The highest BCUT2D eigenvalue weighted by atomic mass is 13.6. The normalized spacial score (nSPS) is 8.29. The van der Waals surface area contributed by atoms with Crippen molar-refractivity contribution in [2.24, 2.45) is 0 Å². The Morgan fingerprint density at radius 1 is 1.29 bits per heavy atom. The van der Waals surface area contributed by atoms with Gasteiger partial charge in [-0.3, -0.25) is 0 Å². The van der Waals surface area contributed by atoms with E-state index in [1.54, 1.807) is 0 Å². The Morgan fingerprint density at radius 3 is 2.43 bits per heavy atom. The van der Waals surface area contributed by atoms with Gasteiger partial charge < -0.3 is 0 Å². The lowest BCUT2D eigenvalue weighted by Gasteiger charge is -1.60. The number of allylic oxidation sites excluding steroid dienone is 3. The first-order valence-corrected chi connectivity index (χ1v) is 2.40. The van der Waals surface area contributed by atoms with Crippen LogP contribution in [0.3, 0.4) is 0 Å². The van der Waals surface area contributed by atoms with Gasteiger partial charge >= 0.3 is 0 Å². The summed E-state index contributed by atoms with van der Waals surface area (Å²) in [6, 6.07) is 0. The Bertz CT molecular complexity index is 101. The largest absolute Gasteiger partial charge is 0.126 e. The average molecular weight is 94.2 g/mol. The smallest absolute Gasteiger partial charge is 0.0207 e. The van der Waals surface area contributed by atoms with E-state index >= 15 is 0 Å². The highest BCUT2D eigenvalue weighted by Gasteiger charge is 1.48. The summed E-state index contributed by atoms with van der Waals surface area (Å²) in [7, 11) is 0. The minimum Gasteiger partial charge on any atom is -0.126 e. The number of hydrogen-bond acceptors (Lipinski definition) is 0. The molecule has 0 saturated carbocycles. The van der Waals surface area contributed by atoms with Crippen LogP contribution >= 0.6 is 0 Å². The average Bonchev–Trinajstić information content (AvgIpc) is 1.69. The fourth-order valence-electron chi connectivity index (χ4n) is 0.248. The van der Waals surface area contributed by atoms with Crippen molar-refractivity contribution in [3.8, 4) is 0 Å². The molecule has 7 heavy (non-hydrogen) atoms. The predicted octanol–water partition coefficient (Wildman–Crippen LogP) is 2.29. The molecule has 38 valence electrons. The first kappa shape index (κ1) is 6.26. The van der Waals surface area contributed by atoms with Gasteiger partial charge in [-0.15, -0.1) is 5.73 Å². The molecule has 0 aromatic carbocycles. The van der Waals surface area contributed by atoms with E-state index in [1.165, 1.54) is 0 Å². The Labute approximate surface area is 44.9 Å². The summed E-state index contributed by atoms with van der Waals surface area (Å²) in [6.45, 7) is 3.92. The molecule has 0 unspecified atom stereocenters. The van der Waals surface area contributed by atoms with Gasteiger partial charge in [0.25, 0.3) is 0 Å². The van der Waals surface area contributed by atoms with Gasteiger partial charge in [0, 0.05) is 0 Å². The maximum Gasteiger partial charge on any atom is -0.0207 e. The molecule has 0 heteroatoms. The summed E-state index contributed by atoms with van der Waals surface area (Å²) in [6.07, 6.45) is 7.66. The van der Waals surface area contributed by atoms with E-state index in [-0.39, 0.29) is 0 Å². The zero-order chi connectivity index (χ0) is 5.54. The second-order valence-electron chi connectivity index (χ2n) is 1.15. The molecule has 0 aliphatic carbocycles. The lowest BCUT2D eigenvalue weighted by Crippen LogP contribution is -1.38. The van der Waals surface area contributed by atoms with Crippen molar-refractivity contribution in [2.75, 3.05) is 0 Å². The number of hydrogen-bond donors (Lipinski definition) is 0. The third kappa shape index (κ3) is 5.26. The molecule has 0 bridgehead atoms. The minimum atomic E-state index is 1.88. The van der Waals surface area contributed by atoms with Crippen LogP contribution in [-0.2, 0) is 0 Å². The first-order valence-electron chi connectivity index (χ1n) is 2.40. The molecule has 0 saturated heterocycles. The molecule has 0 radical (unpaired) electrons. The maximum absolute atomic E-state index is 2.91. The van der Waals surface area contributed by atoms with Crippen molar-refractivity contribution in [3.05, 3.63) is 30.0 Å². The molecule has 0 atom stereocenters. The Kier molecular flexibility index (Phi) is 4.70. The summed E-state index contributed by atoms with van der Waals surface area (Å²) in [4.78, 5) is 0. The van der Waals surface area contributed by atoms with Crippen LogP contribution in [0.15, 0.2) is 30.0 Å². The van der Waals surface area contributed by atoms with Gasteiger partial charge in [0.1, 0.15) is 0 Å². The van der Waals surface area contributed by atoms with Gasteiger partial charge in [0.05, 0.1) is 0 Å². The van der Waals surface area contributed by atoms with Gasteiger partial charge in [-0.2, -0.15) is 0 Å². The van der Waals surface area contributed by atoms with Crippen LogP contribution in [0.2, 0.25) is 0 Å². The first-order chi connectivity index (χ1) is 3.41. The molecule has 0 fully saturated rings. The van der Waals surface area contributed by atoms with Crippen LogP contribution in [0.1, 0.15) is 13.8 Å². The maximum atomic E-state index is 2.91. The summed E-state index contributed by atoms with van der Waals surface area (Å²) in [5.74, 6) is 0. The van der Waals surface area contributed by atoms with Crippen LogP contribution in [0.4, 0.5) is 0 Å². The van der Waals surface area contributed by atoms with E-state index in [2.05, 4.69) is 5.73 Å². The van der Waals surface area contributed by atoms with Crippen molar-refractivity contribution >= 4 is 0 Å². The van der Waals surface area contributed by atoms with Crippen molar-refractivity contribution < 1.29 is 0 Å². The van der Waals surface area contributed by atoms with Crippen LogP contribution in [0.5, 0.6) is 0 Å².